The standard InChI is InChI=1S/C12H15F2N/c13-9-6-3-7-10(14)11(9)12(15)8-4-1-2-5-8/h3,6-8,12H,1-2,4-5,15H2. The molecule has 1 aliphatic rings. The van der Waals surface area contributed by atoms with Gasteiger partial charge in [0.15, 0.2) is 0 Å². The highest BCUT2D eigenvalue weighted by Gasteiger charge is 2.27. The van der Waals surface area contributed by atoms with Gasteiger partial charge in [-0.05, 0) is 30.9 Å². The van der Waals surface area contributed by atoms with Gasteiger partial charge in [0.05, 0.1) is 0 Å². The summed E-state index contributed by atoms with van der Waals surface area (Å²) in [5.74, 6) is -0.805. The van der Waals surface area contributed by atoms with Crippen molar-refractivity contribution in [2.24, 2.45) is 11.7 Å². The number of rotatable bonds is 2. The largest absolute Gasteiger partial charge is 0.324 e. The first-order valence-electron chi connectivity index (χ1n) is 5.39. The van der Waals surface area contributed by atoms with Gasteiger partial charge in [-0.15, -0.1) is 0 Å². The van der Waals surface area contributed by atoms with Gasteiger partial charge >= 0.3 is 0 Å². The SMILES string of the molecule is NC(c1c(F)cccc1F)C1CCCC1. The van der Waals surface area contributed by atoms with Crippen LogP contribution in [0, 0.1) is 17.6 Å². The van der Waals surface area contributed by atoms with Crippen molar-refractivity contribution >= 4 is 0 Å². The van der Waals surface area contributed by atoms with Gasteiger partial charge in [-0.2, -0.15) is 0 Å². The molecular weight excluding hydrogens is 196 g/mol. The van der Waals surface area contributed by atoms with Gasteiger partial charge in [0.25, 0.3) is 0 Å². The molecule has 0 saturated heterocycles. The fraction of sp³-hybridized carbons (Fsp3) is 0.500. The van der Waals surface area contributed by atoms with Gasteiger partial charge in [0.1, 0.15) is 11.6 Å². The third-order valence-corrected chi connectivity index (χ3v) is 3.24. The van der Waals surface area contributed by atoms with Gasteiger partial charge in [0.2, 0.25) is 0 Å². The van der Waals surface area contributed by atoms with Gasteiger partial charge < -0.3 is 5.73 Å². The Hall–Kier alpha value is -0.960. The number of hydrogen-bond donors (Lipinski definition) is 1. The first-order chi connectivity index (χ1) is 7.20. The second-order valence-electron chi connectivity index (χ2n) is 4.21. The van der Waals surface area contributed by atoms with E-state index < -0.39 is 17.7 Å². The first-order valence-corrected chi connectivity index (χ1v) is 5.39. The van der Waals surface area contributed by atoms with Crippen molar-refractivity contribution in [1.82, 2.24) is 0 Å². The molecule has 82 valence electrons. The summed E-state index contributed by atoms with van der Waals surface area (Å²) >= 11 is 0. The molecule has 1 fully saturated rings. The molecule has 2 N–H and O–H groups in total. The molecule has 1 aromatic carbocycles. The van der Waals surface area contributed by atoms with Gasteiger partial charge in [0, 0.05) is 11.6 Å². The van der Waals surface area contributed by atoms with Crippen LogP contribution in [0.3, 0.4) is 0 Å². The van der Waals surface area contributed by atoms with E-state index in [1.165, 1.54) is 18.2 Å². The lowest BCUT2D eigenvalue weighted by atomic mass is 9.92. The van der Waals surface area contributed by atoms with Crippen molar-refractivity contribution in [2.45, 2.75) is 31.7 Å². The average Bonchev–Trinajstić information content (AvgIpc) is 2.69. The normalized spacial score (nSPS) is 19.4. The van der Waals surface area contributed by atoms with Crippen LogP contribution in [0.15, 0.2) is 18.2 Å². The zero-order chi connectivity index (χ0) is 10.8. The Bertz CT molecular complexity index is 325. The summed E-state index contributed by atoms with van der Waals surface area (Å²) in [4.78, 5) is 0. The number of hydrogen-bond acceptors (Lipinski definition) is 1. The molecule has 1 saturated carbocycles. The van der Waals surface area contributed by atoms with Crippen molar-refractivity contribution < 1.29 is 8.78 Å². The van der Waals surface area contributed by atoms with Crippen molar-refractivity contribution in [2.75, 3.05) is 0 Å². The van der Waals surface area contributed by atoms with Crippen LogP contribution in [0.4, 0.5) is 8.78 Å². The maximum Gasteiger partial charge on any atom is 0.130 e. The van der Waals surface area contributed by atoms with E-state index in [1.807, 2.05) is 0 Å². The zero-order valence-electron chi connectivity index (χ0n) is 8.55. The highest BCUT2D eigenvalue weighted by Crippen LogP contribution is 2.35. The second-order valence-corrected chi connectivity index (χ2v) is 4.21. The Balaban J connectivity index is 2.27. The topological polar surface area (TPSA) is 26.0 Å². The summed E-state index contributed by atoms with van der Waals surface area (Å²) < 4.78 is 26.9. The van der Waals surface area contributed by atoms with E-state index in [0.717, 1.165) is 25.7 Å². The lowest BCUT2D eigenvalue weighted by molar-refractivity contribution is 0.410. The Morgan fingerprint density at radius 2 is 1.67 bits per heavy atom. The molecule has 0 aromatic heterocycles. The Morgan fingerprint density at radius 1 is 1.13 bits per heavy atom. The molecule has 15 heavy (non-hydrogen) atoms. The van der Waals surface area contributed by atoms with E-state index in [-0.39, 0.29) is 11.5 Å². The zero-order valence-corrected chi connectivity index (χ0v) is 8.55. The van der Waals surface area contributed by atoms with Crippen LogP contribution in [-0.2, 0) is 0 Å². The predicted octanol–water partition coefficient (Wildman–Crippen LogP) is 3.15. The Morgan fingerprint density at radius 3 is 2.20 bits per heavy atom. The number of nitrogens with two attached hydrogens (primary N) is 1. The summed E-state index contributed by atoms with van der Waals surface area (Å²) in [7, 11) is 0. The molecule has 1 aliphatic carbocycles. The molecule has 1 aromatic rings. The molecule has 2 rings (SSSR count). The smallest absolute Gasteiger partial charge is 0.130 e. The molecule has 0 heterocycles. The van der Waals surface area contributed by atoms with Gasteiger partial charge in [-0.3, -0.25) is 0 Å². The van der Waals surface area contributed by atoms with Crippen LogP contribution in [0.25, 0.3) is 0 Å². The molecule has 1 atom stereocenters. The van der Waals surface area contributed by atoms with Crippen molar-refractivity contribution in [3.8, 4) is 0 Å². The van der Waals surface area contributed by atoms with Crippen LogP contribution in [0.1, 0.15) is 37.3 Å². The van der Waals surface area contributed by atoms with E-state index in [1.54, 1.807) is 0 Å². The molecule has 1 unspecified atom stereocenters. The molecule has 0 aliphatic heterocycles. The highest BCUT2D eigenvalue weighted by molar-refractivity contribution is 5.23. The van der Waals surface area contributed by atoms with Crippen molar-refractivity contribution in [1.29, 1.82) is 0 Å². The minimum Gasteiger partial charge on any atom is -0.324 e. The quantitative estimate of drug-likeness (QED) is 0.799. The first kappa shape index (κ1) is 10.6. The van der Waals surface area contributed by atoms with E-state index in [2.05, 4.69) is 0 Å². The number of benzene rings is 1. The maximum atomic E-state index is 13.4. The second kappa shape index (κ2) is 4.27. The molecule has 0 radical (unpaired) electrons. The lowest BCUT2D eigenvalue weighted by Gasteiger charge is -2.20. The minimum atomic E-state index is -0.519. The van der Waals surface area contributed by atoms with Crippen LogP contribution >= 0.6 is 0 Å². The fourth-order valence-corrected chi connectivity index (χ4v) is 2.38. The molecule has 1 nitrogen and oxygen atoms in total. The average molecular weight is 211 g/mol. The summed E-state index contributed by atoms with van der Waals surface area (Å²) in [6.07, 6.45) is 4.20. The highest BCUT2D eigenvalue weighted by atomic mass is 19.1. The molecule has 0 bridgehead atoms. The minimum absolute atomic E-state index is 0.0596. The van der Waals surface area contributed by atoms with Crippen LogP contribution in [0.2, 0.25) is 0 Å². The van der Waals surface area contributed by atoms with Crippen molar-refractivity contribution in [3.05, 3.63) is 35.4 Å². The molecule has 0 amide bonds. The molecule has 3 heteroatoms. The summed E-state index contributed by atoms with van der Waals surface area (Å²) in [6.45, 7) is 0. The third-order valence-electron chi connectivity index (χ3n) is 3.24. The van der Waals surface area contributed by atoms with E-state index >= 15 is 0 Å². The summed E-state index contributed by atoms with van der Waals surface area (Å²) in [5.41, 5.74) is 5.98. The van der Waals surface area contributed by atoms with E-state index in [4.69, 9.17) is 5.73 Å². The molecular formula is C12H15F2N. The van der Waals surface area contributed by atoms with Gasteiger partial charge in [-0.25, -0.2) is 8.78 Å². The Kier molecular flexibility index (Phi) is 3.00. The van der Waals surface area contributed by atoms with Crippen molar-refractivity contribution in [3.63, 3.8) is 0 Å². The van der Waals surface area contributed by atoms with Crippen LogP contribution < -0.4 is 5.73 Å². The third kappa shape index (κ3) is 2.02. The lowest BCUT2D eigenvalue weighted by Crippen LogP contribution is -2.21. The summed E-state index contributed by atoms with van der Waals surface area (Å²) in [6, 6.07) is 3.42. The summed E-state index contributed by atoms with van der Waals surface area (Å²) in [5, 5.41) is 0. The molecule has 0 spiro atoms. The monoisotopic (exact) mass is 211 g/mol. The van der Waals surface area contributed by atoms with Crippen LogP contribution in [0.5, 0.6) is 0 Å². The maximum absolute atomic E-state index is 13.4. The fourth-order valence-electron chi connectivity index (χ4n) is 2.38. The predicted molar refractivity (Wildman–Crippen MR) is 55.2 cm³/mol. The van der Waals surface area contributed by atoms with Crippen LogP contribution in [-0.4, -0.2) is 0 Å². The van der Waals surface area contributed by atoms with Gasteiger partial charge in [-0.1, -0.05) is 18.9 Å². The van der Waals surface area contributed by atoms with E-state index in [9.17, 15) is 8.78 Å². The number of halogens is 2. The Labute approximate surface area is 88.3 Å². The van der Waals surface area contributed by atoms with E-state index in [0.29, 0.717) is 0 Å².